The van der Waals surface area contributed by atoms with Gasteiger partial charge < -0.3 is 26.5 Å². The first-order valence-corrected chi connectivity index (χ1v) is 6.35. The van der Waals surface area contributed by atoms with Gasteiger partial charge in [0, 0.05) is 25.3 Å². The van der Waals surface area contributed by atoms with Crippen LogP contribution in [0.1, 0.15) is 23.7 Å². The summed E-state index contributed by atoms with van der Waals surface area (Å²) in [6, 6.07) is 4.99. The van der Waals surface area contributed by atoms with Crippen LogP contribution >= 0.6 is 0 Å². The third-order valence-corrected chi connectivity index (χ3v) is 2.89. The summed E-state index contributed by atoms with van der Waals surface area (Å²) in [5.74, 6) is 0.0267. The van der Waals surface area contributed by atoms with Crippen LogP contribution < -0.4 is 17.1 Å². The Bertz CT molecular complexity index is 648. The number of rotatable bonds is 5. The molecule has 0 spiro atoms. The summed E-state index contributed by atoms with van der Waals surface area (Å²) in [4.78, 5) is 25.1. The fourth-order valence-corrected chi connectivity index (χ4v) is 1.91. The van der Waals surface area contributed by atoms with Crippen LogP contribution in [0.2, 0.25) is 0 Å². The van der Waals surface area contributed by atoms with E-state index in [1.807, 2.05) is 19.0 Å². The third kappa shape index (κ3) is 4.31. The average molecular weight is 311 g/mol. The van der Waals surface area contributed by atoms with E-state index in [1.165, 1.54) is 13.2 Å². The van der Waals surface area contributed by atoms with Crippen LogP contribution in [-0.2, 0) is 4.79 Å². The van der Waals surface area contributed by atoms with Crippen molar-refractivity contribution < 1.29 is 31.2 Å². The Morgan fingerprint density at radius 1 is 1.29 bits per heavy atom. The fourth-order valence-electron chi connectivity index (χ4n) is 1.91. The van der Waals surface area contributed by atoms with Crippen molar-refractivity contribution in [2.45, 2.75) is 13.3 Å². The lowest BCUT2D eigenvalue weighted by Crippen LogP contribution is -3.00. The quantitative estimate of drug-likeness (QED) is 0.423. The molecule has 1 aromatic heterocycles. The van der Waals surface area contributed by atoms with Gasteiger partial charge in [0.2, 0.25) is 0 Å². The van der Waals surface area contributed by atoms with Crippen molar-refractivity contribution in [3.8, 4) is 5.75 Å². The van der Waals surface area contributed by atoms with E-state index in [-0.39, 0.29) is 18.2 Å². The lowest BCUT2D eigenvalue weighted by Gasteiger charge is -2.07. The molecule has 0 saturated heterocycles. The molecule has 2 rings (SSSR count). The van der Waals surface area contributed by atoms with Crippen molar-refractivity contribution in [3.05, 3.63) is 30.0 Å². The van der Waals surface area contributed by atoms with Gasteiger partial charge in [-0.25, -0.2) is 0 Å². The van der Waals surface area contributed by atoms with Crippen LogP contribution in [0.25, 0.3) is 11.0 Å². The van der Waals surface area contributed by atoms with Crippen LogP contribution in [-0.4, -0.2) is 37.3 Å². The summed E-state index contributed by atoms with van der Waals surface area (Å²) in [5.41, 5.74) is 1.13. The average Bonchev–Trinajstić information content (AvgIpc) is 2.78. The van der Waals surface area contributed by atoms with Gasteiger partial charge in [0.1, 0.15) is 17.6 Å². The maximum absolute atomic E-state index is 12.2. The first-order valence-electron chi connectivity index (χ1n) is 6.35. The normalized spacial score (nSPS) is 10.5. The molecule has 0 saturated carbocycles. The summed E-state index contributed by atoms with van der Waals surface area (Å²) >= 11 is 0. The largest absolute Gasteiger partial charge is 1.00 e. The van der Waals surface area contributed by atoms with Gasteiger partial charge in [0.15, 0.2) is 5.78 Å². The second-order valence-corrected chi connectivity index (χ2v) is 4.88. The van der Waals surface area contributed by atoms with Gasteiger partial charge in [-0.2, -0.15) is 0 Å². The molecule has 114 valence electrons. The Kier molecular flexibility index (Phi) is 5.93. The molecule has 0 atom stereocenters. The van der Waals surface area contributed by atoms with Gasteiger partial charge in [0.05, 0.1) is 5.56 Å². The smallest absolute Gasteiger partial charge is 0.308 e. The lowest BCUT2D eigenvalue weighted by molar-refractivity contribution is -0.131. The molecule has 5 nitrogen and oxygen atoms in total. The molecule has 1 aromatic carbocycles. The molecule has 2 aromatic rings. The molecule has 0 fully saturated rings. The molecule has 0 radical (unpaired) electrons. The Morgan fingerprint density at radius 3 is 2.62 bits per heavy atom. The molecular weight excluding hydrogens is 294 g/mol. The highest BCUT2D eigenvalue weighted by molar-refractivity contribution is 6.07. The molecule has 1 heterocycles. The third-order valence-electron chi connectivity index (χ3n) is 2.89. The number of halogens is 1. The highest BCUT2D eigenvalue weighted by atomic mass is 35.5. The van der Waals surface area contributed by atoms with E-state index in [0.717, 1.165) is 0 Å². The Hall–Kier alpha value is -1.85. The van der Waals surface area contributed by atoms with Gasteiger partial charge in [-0.1, -0.05) is 0 Å². The maximum atomic E-state index is 12.2. The molecule has 21 heavy (non-hydrogen) atoms. The number of esters is 1. The van der Waals surface area contributed by atoms with Crippen molar-refractivity contribution in [2.75, 3.05) is 20.6 Å². The minimum absolute atomic E-state index is 0. The van der Waals surface area contributed by atoms with E-state index < -0.39 is 5.97 Å². The number of fused-ring (bicyclic) bond motifs is 1. The number of ether oxygens (including phenoxy) is 1. The number of carbonyl (C=O) groups is 2. The Labute approximate surface area is 129 Å². The van der Waals surface area contributed by atoms with Crippen LogP contribution in [0.15, 0.2) is 28.9 Å². The molecule has 0 unspecified atom stereocenters. The molecule has 0 aliphatic rings. The first-order chi connectivity index (χ1) is 9.47. The van der Waals surface area contributed by atoms with Gasteiger partial charge in [0.25, 0.3) is 0 Å². The number of furan rings is 1. The Balaban J connectivity index is 0.00000220. The summed E-state index contributed by atoms with van der Waals surface area (Å²) in [7, 11) is 3.83. The predicted octanol–water partition coefficient (Wildman–Crippen LogP) is -0.503. The standard InChI is InChI=1S/C15H17NO4.ClH/c1-10(17)20-11-4-5-15-12(8-11)13(9-19-15)14(18)6-7-16(2)3;/h4-5,8-9H,6-7H2,1-3H3;1H/p-1. The number of nitrogens with zero attached hydrogens (tertiary/aromatic N) is 1. The zero-order valence-electron chi connectivity index (χ0n) is 12.2. The maximum Gasteiger partial charge on any atom is 0.308 e. The van der Waals surface area contributed by atoms with Crippen molar-refractivity contribution in [1.82, 2.24) is 4.90 Å². The molecule has 0 amide bonds. The summed E-state index contributed by atoms with van der Waals surface area (Å²) in [5, 5.41) is 0.674. The predicted molar refractivity (Wildman–Crippen MR) is 75.0 cm³/mol. The van der Waals surface area contributed by atoms with Gasteiger partial charge >= 0.3 is 5.97 Å². The van der Waals surface area contributed by atoms with Crippen molar-refractivity contribution in [1.29, 1.82) is 0 Å². The van der Waals surface area contributed by atoms with Crippen LogP contribution in [0.5, 0.6) is 5.75 Å². The van der Waals surface area contributed by atoms with E-state index in [2.05, 4.69) is 0 Å². The number of hydrogen-bond acceptors (Lipinski definition) is 5. The lowest BCUT2D eigenvalue weighted by atomic mass is 10.1. The molecule has 0 bridgehead atoms. The number of Topliss-reactive ketones (excluding diaryl/α,β-unsaturated/α-hetero) is 1. The summed E-state index contributed by atoms with van der Waals surface area (Å²) in [6.45, 7) is 2.01. The van der Waals surface area contributed by atoms with E-state index in [1.54, 1.807) is 18.2 Å². The van der Waals surface area contributed by atoms with E-state index in [0.29, 0.717) is 35.2 Å². The van der Waals surface area contributed by atoms with Crippen LogP contribution in [0.3, 0.4) is 0 Å². The number of hydrogen-bond donors (Lipinski definition) is 0. The van der Waals surface area contributed by atoms with Crippen molar-refractivity contribution in [2.24, 2.45) is 0 Å². The van der Waals surface area contributed by atoms with E-state index >= 15 is 0 Å². The SMILES string of the molecule is CC(=O)Oc1ccc2occ(C(=O)CCN(C)C)c2c1.[Cl-]. The first kappa shape index (κ1) is 17.2. The Morgan fingerprint density at radius 2 is 2.00 bits per heavy atom. The van der Waals surface area contributed by atoms with Crippen molar-refractivity contribution in [3.63, 3.8) is 0 Å². The topological polar surface area (TPSA) is 59.8 Å². The fraction of sp³-hybridized carbons (Fsp3) is 0.333. The second kappa shape index (κ2) is 7.24. The highest BCUT2D eigenvalue weighted by Crippen LogP contribution is 2.26. The minimum Gasteiger partial charge on any atom is -1.00 e. The van der Waals surface area contributed by atoms with E-state index in [4.69, 9.17) is 9.15 Å². The zero-order chi connectivity index (χ0) is 14.7. The molecular formula is C15H17ClNO4-. The minimum atomic E-state index is -0.395. The number of benzene rings is 1. The monoisotopic (exact) mass is 310 g/mol. The number of carbonyl (C=O) groups excluding carboxylic acids is 2. The second-order valence-electron chi connectivity index (χ2n) is 4.88. The summed E-state index contributed by atoms with van der Waals surface area (Å²) in [6.07, 6.45) is 1.87. The molecule has 0 N–H and O–H groups in total. The van der Waals surface area contributed by atoms with Crippen LogP contribution in [0, 0.1) is 0 Å². The zero-order valence-corrected chi connectivity index (χ0v) is 12.9. The molecule has 6 heteroatoms. The van der Waals surface area contributed by atoms with Crippen molar-refractivity contribution >= 4 is 22.7 Å². The van der Waals surface area contributed by atoms with Crippen LogP contribution in [0.4, 0.5) is 0 Å². The number of ketones is 1. The van der Waals surface area contributed by atoms with E-state index in [9.17, 15) is 9.59 Å². The summed E-state index contributed by atoms with van der Waals surface area (Å²) < 4.78 is 10.4. The van der Waals surface area contributed by atoms with Gasteiger partial charge in [-0.15, -0.1) is 0 Å². The van der Waals surface area contributed by atoms with Gasteiger partial charge in [-0.05, 0) is 32.3 Å². The highest BCUT2D eigenvalue weighted by Gasteiger charge is 2.15. The molecule has 0 aliphatic heterocycles. The molecule has 0 aliphatic carbocycles. The van der Waals surface area contributed by atoms with Gasteiger partial charge in [-0.3, -0.25) is 9.59 Å².